The first kappa shape index (κ1) is 16.6. The molecule has 0 fully saturated rings. The summed E-state index contributed by atoms with van der Waals surface area (Å²) in [5.41, 5.74) is 3.81. The van der Waals surface area contributed by atoms with Crippen LogP contribution in [0, 0.1) is 19.7 Å². The molecule has 5 nitrogen and oxygen atoms in total. The summed E-state index contributed by atoms with van der Waals surface area (Å²) in [5, 5.41) is 5.71. The van der Waals surface area contributed by atoms with Crippen LogP contribution >= 0.6 is 0 Å². The molecule has 0 bridgehead atoms. The summed E-state index contributed by atoms with van der Waals surface area (Å²) in [6.07, 6.45) is 2.85. The number of rotatable bonds is 4. The first-order valence-corrected chi connectivity index (χ1v) is 7.74. The van der Waals surface area contributed by atoms with E-state index in [9.17, 15) is 9.18 Å². The third-order valence-electron chi connectivity index (χ3n) is 3.47. The van der Waals surface area contributed by atoms with E-state index in [0.717, 1.165) is 16.8 Å². The highest BCUT2D eigenvalue weighted by atomic mass is 19.1. The molecule has 0 atom stereocenters. The van der Waals surface area contributed by atoms with Gasteiger partial charge < -0.3 is 10.6 Å². The van der Waals surface area contributed by atoms with Gasteiger partial charge in [0.1, 0.15) is 5.82 Å². The predicted octanol–water partition coefficient (Wildman–Crippen LogP) is 4.23. The van der Waals surface area contributed by atoms with E-state index in [1.807, 2.05) is 26.0 Å². The van der Waals surface area contributed by atoms with Crippen molar-refractivity contribution in [3.63, 3.8) is 0 Å². The van der Waals surface area contributed by atoms with Gasteiger partial charge in [-0.05, 0) is 55.3 Å². The van der Waals surface area contributed by atoms with Crippen LogP contribution in [-0.2, 0) is 0 Å². The largest absolute Gasteiger partial charge is 0.324 e. The monoisotopic (exact) mass is 336 g/mol. The number of hydrogen-bond donors (Lipinski definition) is 2. The molecule has 0 aliphatic carbocycles. The summed E-state index contributed by atoms with van der Waals surface area (Å²) in [4.78, 5) is 20.5. The minimum atomic E-state index is -0.415. The lowest BCUT2D eigenvalue weighted by atomic mass is 10.1. The minimum absolute atomic E-state index is 0.287. The second-order valence-corrected chi connectivity index (χ2v) is 5.76. The van der Waals surface area contributed by atoms with Crippen LogP contribution in [0.3, 0.4) is 0 Å². The number of aromatic nitrogens is 2. The summed E-state index contributed by atoms with van der Waals surface area (Å²) in [5.74, 6) is -0.419. The molecule has 0 saturated carbocycles. The van der Waals surface area contributed by atoms with E-state index in [1.54, 1.807) is 6.07 Å². The highest BCUT2D eigenvalue weighted by molar-refractivity contribution is 6.03. The van der Waals surface area contributed by atoms with Crippen molar-refractivity contribution in [2.45, 2.75) is 13.8 Å². The number of halogens is 1. The molecule has 2 aromatic carbocycles. The molecule has 0 radical (unpaired) electrons. The van der Waals surface area contributed by atoms with E-state index in [4.69, 9.17) is 0 Å². The molecule has 1 aromatic heterocycles. The van der Waals surface area contributed by atoms with Crippen molar-refractivity contribution in [2.75, 3.05) is 10.6 Å². The quantitative estimate of drug-likeness (QED) is 0.748. The third kappa shape index (κ3) is 4.38. The lowest BCUT2D eigenvalue weighted by Crippen LogP contribution is -2.13. The van der Waals surface area contributed by atoms with Gasteiger partial charge in [-0.2, -0.15) is 0 Å². The van der Waals surface area contributed by atoms with Crippen molar-refractivity contribution in [1.29, 1.82) is 0 Å². The molecular weight excluding hydrogens is 319 g/mol. The number of nitrogens with one attached hydrogen (secondary N) is 2. The smallest absolute Gasteiger partial charge is 0.258 e. The Morgan fingerprint density at radius 3 is 2.28 bits per heavy atom. The second-order valence-electron chi connectivity index (χ2n) is 5.76. The van der Waals surface area contributed by atoms with Gasteiger partial charge in [-0.1, -0.05) is 12.1 Å². The number of amides is 1. The summed E-state index contributed by atoms with van der Waals surface area (Å²) < 4.78 is 13.2. The lowest BCUT2D eigenvalue weighted by Gasteiger charge is -2.08. The van der Waals surface area contributed by atoms with Gasteiger partial charge in [-0.3, -0.25) is 4.79 Å². The molecule has 1 heterocycles. The highest BCUT2D eigenvalue weighted by Gasteiger charge is 2.08. The van der Waals surface area contributed by atoms with Gasteiger partial charge in [0.25, 0.3) is 5.91 Å². The Bertz CT molecular complexity index is 889. The SMILES string of the molecule is Cc1cc(C)cc(Nc2ncc(C(=O)Nc3cccc(F)c3)cn2)c1. The van der Waals surface area contributed by atoms with Gasteiger partial charge in [0, 0.05) is 23.8 Å². The zero-order valence-corrected chi connectivity index (χ0v) is 13.9. The minimum Gasteiger partial charge on any atom is -0.324 e. The van der Waals surface area contributed by atoms with Gasteiger partial charge in [-0.25, -0.2) is 14.4 Å². The van der Waals surface area contributed by atoms with Crippen LogP contribution in [0.2, 0.25) is 0 Å². The molecule has 0 unspecified atom stereocenters. The normalized spacial score (nSPS) is 10.4. The molecule has 0 spiro atoms. The van der Waals surface area contributed by atoms with Crippen LogP contribution in [0.15, 0.2) is 54.9 Å². The van der Waals surface area contributed by atoms with Crippen molar-refractivity contribution in [2.24, 2.45) is 0 Å². The molecule has 6 heteroatoms. The van der Waals surface area contributed by atoms with Gasteiger partial charge in [-0.15, -0.1) is 0 Å². The van der Waals surface area contributed by atoms with Crippen LogP contribution in [0.5, 0.6) is 0 Å². The fourth-order valence-electron chi connectivity index (χ4n) is 2.46. The van der Waals surface area contributed by atoms with E-state index < -0.39 is 11.7 Å². The molecule has 25 heavy (non-hydrogen) atoms. The van der Waals surface area contributed by atoms with Gasteiger partial charge in [0.2, 0.25) is 5.95 Å². The number of nitrogens with zero attached hydrogens (tertiary/aromatic N) is 2. The summed E-state index contributed by atoms with van der Waals surface area (Å²) >= 11 is 0. The third-order valence-corrected chi connectivity index (χ3v) is 3.47. The highest BCUT2D eigenvalue weighted by Crippen LogP contribution is 2.17. The van der Waals surface area contributed by atoms with Crippen molar-refractivity contribution < 1.29 is 9.18 Å². The van der Waals surface area contributed by atoms with Crippen LogP contribution in [0.25, 0.3) is 0 Å². The van der Waals surface area contributed by atoms with Crippen molar-refractivity contribution in [3.8, 4) is 0 Å². The maximum atomic E-state index is 13.2. The van der Waals surface area contributed by atoms with Crippen molar-refractivity contribution >= 4 is 23.2 Å². The van der Waals surface area contributed by atoms with E-state index in [1.165, 1.54) is 30.6 Å². The van der Waals surface area contributed by atoms with Crippen LogP contribution in [0.4, 0.5) is 21.7 Å². The number of anilines is 3. The average Bonchev–Trinajstić information content (AvgIpc) is 2.54. The van der Waals surface area contributed by atoms with E-state index >= 15 is 0 Å². The Morgan fingerprint density at radius 2 is 1.64 bits per heavy atom. The molecule has 0 saturated heterocycles. The topological polar surface area (TPSA) is 66.9 Å². The fraction of sp³-hybridized carbons (Fsp3) is 0.105. The summed E-state index contributed by atoms with van der Waals surface area (Å²) in [6.45, 7) is 4.03. The van der Waals surface area contributed by atoms with Crippen molar-refractivity contribution in [3.05, 3.63) is 77.4 Å². The first-order valence-electron chi connectivity index (χ1n) is 7.74. The maximum absolute atomic E-state index is 13.2. The zero-order valence-electron chi connectivity index (χ0n) is 13.9. The van der Waals surface area contributed by atoms with E-state index in [0.29, 0.717) is 11.6 Å². The first-order chi connectivity index (χ1) is 12.0. The van der Waals surface area contributed by atoms with Crippen molar-refractivity contribution in [1.82, 2.24) is 9.97 Å². The molecule has 2 N–H and O–H groups in total. The number of aryl methyl sites for hydroxylation is 2. The van der Waals surface area contributed by atoms with Crippen LogP contribution in [-0.4, -0.2) is 15.9 Å². The average molecular weight is 336 g/mol. The van der Waals surface area contributed by atoms with E-state index in [-0.39, 0.29) is 5.56 Å². The summed E-state index contributed by atoms with van der Waals surface area (Å²) in [7, 11) is 0. The lowest BCUT2D eigenvalue weighted by molar-refractivity contribution is 0.102. The predicted molar refractivity (Wildman–Crippen MR) is 95.6 cm³/mol. The molecule has 0 aliphatic heterocycles. The van der Waals surface area contributed by atoms with Gasteiger partial charge in [0.05, 0.1) is 5.56 Å². The zero-order chi connectivity index (χ0) is 17.8. The number of benzene rings is 2. The number of hydrogen-bond acceptors (Lipinski definition) is 4. The number of carbonyl (C=O) groups is 1. The molecule has 3 aromatic rings. The molecule has 0 aliphatic rings. The Kier molecular flexibility index (Phi) is 4.70. The van der Waals surface area contributed by atoms with Crippen LogP contribution < -0.4 is 10.6 Å². The fourth-order valence-corrected chi connectivity index (χ4v) is 2.46. The molecule has 126 valence electrons. The maximum Gasteiger partial charge on any atom is 0.258 e. The second kappa shape index (κ2) is 7.09. The Labute approximate surface area is 145 Å². The van der Waals surface area contributed by atoms with Gasteiger partial charge in [0.15, 0.2) is 0 Å². The summed E-state index contributed by atoms with van der Waals surface area (Å²) in [6, 6.07) is 11.7. The van der Waals surface area contributed by atoms with Gasteiger partial charge >= 0.3 is 0 Å². The standard InChI is InChI=1S/C19H17FN4O/c1-12-6-13(2)8-17(7-12)24-19-21-10-14(11-22-19)18(25)23-16-5-3-4-15(20)9-16/h3-11H,1-2H3,(H,23,25)(H,21,22,24). The Balaban J connectivity index is 1.70. The number of carbonyl (C=O) groups excluding carboxylic acids is 1. The molecule has 1 amide bonds. The van der Waals surface area contributed by atoms with Crippen LogP contribution in [0.1, 0.15) is 21.5 Å². The Hall–Kier alpha value is -3.28. The van der Waals surface area contributed by atoms with E-state index in [2.05, 4.69) is 26.7 Å². The molecular formula is C19H17FN4O. The molecule has 3 rings (SSSR count). The Morgan fingerprint density at radius 1 is 0.960 bits per heavy atom.